The highest BCUT2D eigenvalue weighted by atomic mass is 32.2. The highest BCUT2D eigenvalue weighted by molar-refractivity contribution is 7.86. The van der Waals surface area contributed by atoms with E-state index in [2.05, 4.69) is 26.0 Å². The molecule has 204 valence electrons. The molecule has 0 atom stereocenters. The maximum atomic E-state index is 12.1. The van der Waals surface area contributed by atoms with Gasteiger partial charge in [0.15, 0.2) is 0 Å². The van der Waals surface area contributed by atoms with E-state index in [1.165, 1.54) is 115 Å². The van der Waals surface area contributed by atoms with Crippen molar-refractivity contribution in [3.05, 3.63) is 41.5 Å². The van der Waals surface area contributed by atoms with Gasteiger partial charge in [0, 0.05) is 5.39 Å². The van der Waals surface area contributed by atoms with E-state index < -0.39 is 10.1 Å². The molecular formula is C32H52O3S. The molecule has 0 aliphatic carbocycles. The Morgan fingerprint density at radius 3 is 1.44 bits per heavy atom. The first-order valence-electron chi connectivity index (χ1n) is 15.0. The molecule has 1 N–H and O–H groups in total. The first kappa shape index (κ1) is 30.8. The Balaban J connectivity index is 1.87. The molecule has 0 heterocycles. The van der Waals surface area contributed by atoms with Crippen molar-refractivity contribution < 1.29 is 13.0 Å². The third kappa shape index (κ3) is 12.2. The molecule has 0 aromatic heterocycles. The SMILES string of the molecule is CCCCCCCCCCCc1ccc2c(S(=O)(=O)O)cc(CCCCCCCCCCC)cc2c1. The molecule has 2 aromatic carbocycles. The quantitative estimate of drug-likeness (QED) is 0.133. The Hall–Kier alpha value is -1.39. The average Bonchev–Trinajstić information content (AvgIpc) is 2.85. The van der Waals surface area contributed by atoms with Crippen molar-refractivity contribution in [3.63, 3.8) is 0 Å². The Morgan fingerprint density at radius 1 is 0.556 bits per heavy atom. The van der Waals surface area contributed by atoms with E-state index in [1.54, 1.807) is 6.07 Å². The standard InChI is InChI=1S/C32H52O3S/c1-3-5-7-9-11-13-15-17-19-21-28-23-24-31-30(25-28)26-29(27-32(31)36(33,34)35)22-20-18-16-14-12-10-8-6-4-2/h23-27H,3-22H2,1-2H3,(H,33,34,35). The van der Waals surface area contributed by atoms with Crippen LogP contribution in [0, 0.1) is 0 Å². The number of hydrogen-bond acceptors (Lipinski definition) is 2. The fourth-order valence-corrected chi connectivity index (χ4v) is 6.00. The molecule has 4 heteroatoms. The van der Waals surface area contributed by atoms with Gasteiger partial charge in [-0.15, -0.1) is 0 Å². The van der Waals surface area contributed by atoms with E-state index in [1.807, 2.05) is 12.1 Å². The molecule has 0 aliphatic heterocycles. The molecule has 0 aliphatic rings. The predicted octanol–water partition coefficient (Wildman–Crippen LogP) is 10.2. The molecule has 0 bridgehead atoms. The number of aryl methyl sites for hydroxylation is 2. The molecule has 2 rings (SSSR count). The van der Waals surface area contributed by atoms with Gasteiger partial charge in [-0.2, -0.15) is 8.42 Å². The molecule has 0 radical (unpaired) electrons. The molecule has 0 fully saturated rings. The summed E-state index contributed by atoms with van der Waals surface area (Å²) in [6, 6.07) is 9.86. The van der Waals surface area contributed by atoms with Gasteiger partial charge < -0.3 is 0 Å². The van der Waals surface area contributed by atoms with Crippen LogP contribution < -0.4 is 0 Å². The van der Waals surface area contributed by atoms with E-state index in [9.17, 15) is 13.0 Å². The summed E-state index contributed by atoms with van der Waals surface area (Å²) in [6.07, 6.45) is 25.1. The van der Waals surface area contributed by atoms with Gasteiger partial charge in [0.1, 0.15) is 4.90 Å². The lowest BCUT2D eigenvalue weighted by atomic mass is 9.98. The summed E-state index contributed by atoms with van der Waals surface area (Å²) in [7, 11) is -4.25. The molecule has 0 spiro atoms. The Bertz CT molecular complexity index is 960. The summed E-state index contributed by atoms with van der Waals surface area (Å²) < 4.78 is 34.1. The number of fused-ring (bicyclic) bond motifs is 1. The van der Waals surface area contributed by atoms with Gasteiger partial charge in [-0.3, -0.25) is 4.55 Å². The summed E-state index contributed by atoms with van der Waals surface area (Å²) in [5.41, 5.74) is 2.27. The van der Waals surface area contributed by atoms with Crippen LogP contribution in [0.5, 0.6) is 0 Å². The lowest BCUT2D eigenvalue weighted by Crippen LogP contribution is -2.01. The van der Waals surface area contributed by atoms with Crippen molar-refractivity contribution in [2.45, 2.75) is 147 Å². The highest BCUT2D eigenvalue weighted by Gasteiger charge is 2.16. The number of hydrogen-bond donors (Lipinski definition) is 1. The van der Waals surface area contributed by atoms with E-state index in [-0.39, 0.29) is 4.90 Å². The van der Waals surface area contributed by atoms with Crippen LogP contribution in [0.4, 0.5) is 0 Å². The third-order valence-corrected chi connectivity index (χ3v) is 8.35. The second kappa shape index (κ2) is 18.0. The Labute approximate surface area is 222 Å². The zero-order valence-electron chi connectivity index (χ0n) is 23.2. The van der Waals surface area contributed by atoms with Gasteiger partial charge in [0.05, 0.1) is 0 Å². The average molecular weight is 517 g/mol. The monoisotopic (exact) mass is 516 g/mol. The fraction of sp³-hybridized carbons (Fsp3) is 0.688. The number of unbranched alkanes of at least 4 members (excludes halogenated alkanes) is 16. The topological polar surface area (TPSA) is 54.4 Å². The van der Waals surface area contributed by atoms with Crippen LogP contribution in [0.1, 0.15) is 141 Å². The van der Waals surface area contributed by atoms with Crippen LogP contribution in [0.15, 0.2) is 35.2 Å². The molecule has 36 heavy (non-hydrogen) atoms. The van der Waals surface area contributed by atoms with Crippen molar-refractivity contribution in [3.8, 4) is 0 Å². The van der Waals surface area contributed by atoms with Crippen LogP contribution in [0.25, 0.3) is 10.8 Å². The maximum Gasteiger partial charge on any atom is 0.295 e. The highest BCUT2D eigenvalue weighted by Crippen LogP contribution is 2.28. The van der Waals surface area contributed by atoms with E-state index >= 15 is 0 Å². The summed E-state index contributed by atoms with van der Waals surface area (Å²) in [6.45, 7) is 4.51. The van der Waals surface area contributed by atoms with Gasteiger partial charge in [0.2, 0.25) is 0 Å². The summed E-state index contributed by atoms with van der Waals surface area (Å²) >= 11 is 0. The smallest absolute Gasteiger partial charge is 0.282 e. The summed E-state index contributed by atoms with van der Waals surface area (Å²) in [5.74, 6) is 0. The molecule has 0 unspecified atom stereocenters. The van der Waals surface area contributed by atoms with Crippen molar-refractivity contribution in [2.75, 3.05) is 0 Å². The number of rotatable bonds is 21. The lowest BCUT2D eigenvalue weighted by molar-refractivity contribution is 0.484. The van der Waals surface area contributed by atoms with Gasteiger partial charge in [-0.1, -0.05) is 141 Å². The Kier molecular flexibility index (Phi) is 15.4. The largest absolute Gasteiger partial charge is 0.295 e. The molecule has 0 saturated carbocycles. The van der Waals surface area contributed by atoms with Crippen LogP contribution in [-0.2, 0) is 23.0 Å². The van der Waals surface area contributed by atoms with E-state index in [0.29, 0.717) is 5.39 Å². The molecule has 0 saturated heterocycles. The van der Waals surface area contributed by atoms with Crippen LogP contribution in [0.3, 0.4) is 0 Å². The maximum absolute atomic E-state index is 12.1. The molecular weight excluding hydrogens is 464 g/mol. The predicted molar refractivity (Wildman–Crippen MR) is 156 cm³/mol. The summed E-state index contributed by atoms with van der Waals surface area (Å²) in [5, 5.41) is 1.56. The van der Waals surface area contributed by atoms with Gasteiger partial charge >= 0.3 is 0 Å². The van der Waals surface area contributed by atoms with Crippen molar-refractivity contribution >= 4 is 20.9 Å². The zero-order valence-corrected chi connectivity index (χ0v) is 24.0. The second-order valence-corrected chi connectivity index (χ2v) is 12.2. The molecule has 2 aromatic rings. The van der Waals surface area contributed by atoms with Crippen molar-refractivity contribution in [1.82, 2.24) is 0 Å². The Morgan fingerprint density at radius 2 is 0.972 bits per heavy atom. The normalized spacial score (nSPS) is 12.0. The minimum absolute atomic E-state index is 0.0561. The minimum Gasteiger partial charge on any atom is -0.282 e. The number of benzene rings is 2. The lowest BCUT2D eigenvalue weighted by Gasteiger charge is -2.11. The minimum atomic E-state index is -4.25. The molecule has 3 nitrogen and oxygen atoms in total. The van der Waals surface area contributed by atoms with E-state index in [4.69, 9.17) is 0 Å². The second-order valence-electron chi connectivity index (χ2n) is 10.8. The van der Waals surface area contributed by atoms with Crippen molar-refractivity contribution in [1.29, 1.82) is 0 Å². The fourth-order valence-electron chi connectivity index (χ4n) is 5.24. The van der Waals surface area contributed by atoms with Crippen LogP contribution >= 0.6 is 0 Å². The van der Waals surface area contributed by atoms with Crippen LogP contribution in [-0.4, -0.2) is 13.0 Å². The van der Waals surface area contributed by atoms with Crippen molar-refractivity contribution in [2.24, 2.45) is 0 Å². The molecule has 0 amide bonds. The zero-order chi connectivity index (χ0) is 26.1. The summed E-state index contributed by atoms with van der Waals surface area (Å²) in [4.78, 5) is 0.0561. The van der Waals surface area contributed by atoms with Crippen LogP contribution in [0.2, 0.25) is 0 Å². The van der Waals surface area contributed by atoms with Gasteiger partial charge in [0.25, 0.3) is 10.1 Å². The van der Waals surface area contributed by atoms with Gasteiger partial charge in [-0.05, 0) is 48.3 Å². The van der Waals surface area contributed by atoms with Gasteiger partial charge in [-0.25, -0.2) is 0 Å². The first-order chi connectivity index (χ1) is 17.5. The first-order valence-corrected chi connectivity index (χ1v) is 16.4. The third-order valence-electron chi connectivity index (χ3n) is 7.45. The van der Waals surface area contributed by atoms with E-state index in [0.717, 1.165) is 30.2 Å².